The van der Waals surface area contributed by atoms with Gasteiger partial charge in [-0.15, -0.1) is 0 Å². The Hall–Kier alpha value is -2.84. The fourth-order valence-electron chi connectivity index (χ4n) is 2.91. The molecule has 0 aliphatic heterocycles. The van der Waals surface area contributed by atoms with Gasteiger partial charge in [-0.05, 0) is 35.9 Å². The van der Waals surface area contributed by atoms with Crippen LogP contribution in [0.3, 0.4) is 0 Å². The lowest BCUT2D eigenvalue weighted by Crippen LogP contribution is -2.19. The maximum Gasteiger partial charge on any atom is 0.417 e. The summed E-state index contributed by atoms with van der Waals surface area (Å²) < 4.78 is 66.6. The van der Waals surface area contributed by atoms with Gasteiger partial charge in [0, 0.05) is 26.8 Å². The van der Waals surface area contributed by atoms with Gasteiger partial charge in [0.15, 0.2) is 15.5 Å². The van der Waals surface area contributed by atoms with Crippen LogP contribution >= 0.6 is 34.8 Å². The van der Waals surface area contributed by atoms with Gasteiger partial charge in [-0.25, -0.2) is 13.4 Å². The molecule has 2 aromatic carbocycles. The van der Waals surface area contributed by atoms with Crippen molar-refractivity contribution in [3.63, 3.8) is 0 Å². The summed E-state index contributed by atoms with van der Waals surface area (Å²) in [7, 11) is -4.66. The van der Waals surface area contributed by atoms with Crippen LogP contribution < -0.4 is 0 Å². The molecule has 0 N–H and O–H groups in total. The van der Waals surface area contributed by atoms with E-state index in [-0.39, 0.29) is 12.2 Å². The quantitative estimate of drug-likeness (QED) is 0.237. The minimum atomic E-state index is -4.88. The van der Waals surface area contributed by atoms with E-state index in [1.54, 1.807) is 18.2 Å². The summed E-state index contributed by atoms with van der Waals surface area (Å²) in [4.78, 5) is 7.65. The van der Waals surface area contributed by atoms with Gasteiger partial charge < -0.3 is 4.84 Å². The van der Waals surface area contributed by atoms with Crippen molar-refractivity contribution < 1.29 is 26.4 Å². The Morgan fingerprint density at radius 2 is 1.74 bits per heavy atom. The van der Waals surface area contributed by atoms with Crippen molar-refractivity contribution >= 4 is 50.9 Å². The minimum Gasteiger partial charge on any atom is -0.391 e. The lowest BCUT2D eigenvalue weighted by Gasteiger charge is -2.16. The van der Waals surface area contributed by atoms with Crippen molar-refractivity contribution in [1.29, 1.82) is 5.26 Å². The van der Waals surface area contributed by atoms with Gasteiger partial charge in [0.2, 0.25) is 0 Å². The molecule has 1 aromatic heterocycles. The number of rotatable bonds is 7. The Kier molecular flexibility index (Phi) is 8.28. The molecule has 0 aliphatic carbocycles. The van der Waals surface area contributed by atoms with Gasteiger partial charge >= 0.3 is 6.18 Å². The lowest BCUT2D eigenvalue weighted by molar-refractivity contribution is -0.138. The Balaban J connectivity index is 2.04. The van der Waals surface area contributed by atoms with Crippen molar-refractivity contribution in [3.05, 3.63) is 92.2 Å². The smallest absolute Gasteiger partial charge is 0.391 e. The van der Waals surface area contributed by atoms with E-state index in [0.717, 1.165) is 6.21 Å². The van der Waals surface area contributed by atoms with Crippen LogP contribution in [0.25, 0.3) is 0 Å². The Morgan fingerprint density at radius 3 is 2.31 bits per heavy atom. The molecule has 182 valence electrons. The summed E-state index contributed by atoms with van der Waals surface area (Å²) in [6.45, 7) is -0.211. The van der Waals surface area contributed by atoms with Crippen LogP contribution in [-0.2, 0) is 27.5 Å². The molecule has 6 nitrogen and oxygen atoms in total. The van der Waals surface area contributed by atoms with Crippen LogP contribution in [0.1, 0.15) is 27.6 Å². The third-order valence-corrected chi connectivity index (χ3v) is 7.61. The predicted octanol–water partition coefficient (Wildman–Crippen LogP) is 6.65. The average Bonchev–Trinajstić information content (AvgIpc) is 2.80. The van der Waals surface area contributed by atoms with Crippen molar-refractivity contribution in [3.8, 4) is 6.07 Å². The highest BCUT2D eigenvalue weighted by molar-refractivity contribution is 7.92. The first kappa shape index (κ1) is 26.8. The largest absolute Gasteiger partial charge is 0.417 e. The number of hydrogen-bond acceptors (Lipinski definition) is 6. The number of oxime groups is 1. The second-order valence-electron chi connectivity index (χ2n) is 6.93. The molecule has 35 heavy (non-hydrogen) atoms. The number of pyridine rings is 1. The van der Waals surface area contributed by atoms with Crippen molar-refractivity contribution in [1.82, 2.24) is 4.98 Å². The third kappa shape index (κ3) is 6.24. The second kappa shape index (κ2) is 10.8. The molecule has 1 unspecified atom stereocenters. The molecule has 13 heteroatoms. The van der Waals surface area contributed by atoms with Crippen LogP contribution in [0.2, 0.25) is 15.1 Å². The lowest BCUT2D eigenvalue weighted by atomic mass is 10.2. The molecule has 0 bridgehead atoms. The maximum atomic E-state index is 13.5. The molecule has 0 spiro atoms. The van der Waals surface area contributed by atoms with E-state index in [2.05, 4.69) is 10.1 Å². The second-order valence-corrected chi connectivity index (χ2v) is 10.2. The normalized spacial score (nSPS) is 12.9. The molecule has 0 aliphatic rings. The minimum absolute atomic E-state index is 0.110. The number of aromatic nitrogens is 1. The van der Waals surface area contributed by atoms with E-state index in [0.29, 0.717) is 32.9 Å². The number of hydrogen-bond donors (Lipinski definition) is 0. The summed E-state index contributed by atoms with van der Waals surface area (Å²) in [6.07, 6.45) is -3.61. The first-order valence-electron chi connectivity index (χ1n) is 9.50. The zero-order valence-corrected chi connectivity index (χ0v) is 20.4. The van der Waals surface area contributed by atoms with E-state index < -0.39 is 37.4 Å². The number of sulfone groups is 1. The van der Waals surface area contributed by atoms with Gasteiger partial charge in [-0.1, -0.05) is 58.2 Å². The van der Waals surface area contributed by atoms with Gasteiger partial charge in [-0.2, -0.15) is 18.4 Å². The highest BCUT2D eigenvalue weighted by Crippen LogP contribution is 2.35. The molecular weight excluding hydrogens is 550 g/mol. The Labute approximate surface area is 213 Å². The Bertz CT molecular complexity index is 1390. The van der Waals surface area contributed by atoms with E-state index in [1.807, 2.05) is 0 Å². The number of benzene rings is 2. The molecule has 3 rings (SSSR count). The van der Waals surface area contributed by atoms with E-state index in [4.69, 9.17) is 39.6 Å². The molecule has 0 saturated heterocycles. The Morgan fingerprint density at radius 1 is 1.11 bits per heavy atom. The highest BCUT2D eigenvalue weighted by Gasteiger charge is 2.36. The molecule has 1 atom stereocenters. The van der Waals surface area contributed by atoms with E-state index >= 15 is 0 Å². The van der Waals surface area contributed by atoms with Crippen molar-refractivity contribution in [2.75, 3.05) is 0 Å². The number of halogens is 6. The predicted molar refractivity (Wildman–Crippen MR) is 125 cm³/mol. The van der Waals surface area contributed by atoms with Gasteiger partial charge in [-0.3, -0.25) is 0 Å². The van der Waals surface area contributed by atoms with Gasteiger partial charge in [0.1, 0.15) is 22.8 Å². The van der Waals surface area contributed by atoms with E-state index in [1.165, 1.54) is 30.3 Å². The van der Waals surface area contributed by atoms with Crippen LogP contribution in [0.4, 0.5) is 13.2 Å². The number of nitrogens with zero attached hydrogens (tertiary/aromatic N) is 3. The molecular formula is C22H13Cl3F3N3O3S. The first-order valence-corrected chi connectivity index (χ1v) is 12.2. The molecule has 3 aromatic rings. The molecule has 0 saturated carbocycles. The molecule has 0 fully saturated rings. The maximum absolute atomic E-state index is 13.5. The van der Waals surface area contributed by atoms with Gasteiger partial charge in [0.05, 0.1) is 11.8 Å². The summed E-state index contributed by atoms with van der Waals surface area (Å²) in [5, 5.41) is 12.2. The fourth-order valence-corrected chi connectivity index (χ4v) is 5.20. The molecule has 0 radical (unpaired) electrons. The SMILES string of the molecule is N#Cc1ncc(C(F)(F)F)cc1S(=O)(=O)C(C=NOCc1c(Cl)cccc1Cl)c1ccc(Cl)cc1. The standard InChI is InChI=1S/C22H13Cl3F3N3O3S/c23-15-6-4-13(5-7-15)21(11-31-34-12-16-17(24)2-1-3-18(16)25)35(32,33)20-8-14(22(26,27)28)10-30-19(20)9-29/h1-8,10-11,21H,12H2. The fraction of sp³-hybridized carbons (Fsp3) is 0.136. The van der Waals surface area contributed by atoms with Crippen molar-refractivity contribution in [2.45, 2.75) is 22.9 Å². The molecule has 1 heterocycles. The topological polar surface area (TPSA) is 92.4 Å². The average molecular weight is 563 g/mol. The first-order chi connectivity index (χ1) is 16.4. The summed E-state index contributed by atoms with van der Waals surface area (Å²) in [5.41, 5.74) is -1.52. The summed E-state index contributed by atoms with van der Waals surface area (Å²) >= 11 is 18.0. The van der Waals surface area contributed by atoms with Crippen molar-refractivity contribution in [2.24, 2.45) is 5.16 Å². The van der Waals surface area contributed by atoms with Crippen LogP contribution in [-0.4, -0.2) is 19.6 Å². The summed E-state index contributed by atoms with van der Waals surface area (Å²) in [6, 6.07) is 12.1. The zero-order chi connectivity index (χ0) is 25.8. The number of alkyl halides is 3. The van der Waals surface area contributed by atoms with E-state index in [9.17, 15) is 26.9 Å². The monoisotopic (exact) mass is 561 g/mol. The third-order valence-electron chi connectivity index (χ3n) is 4.67. The molecule has 0 amide bonds. The van der Waals surface area contributed by atoms with Gasteiger partial charge in [0.25, 0.3) is 0 Å². The zero-order valence-electron chi connectivity index (χ0n) is 17.3. The van der Waals surface area contributed by atoms with Crippen LogP contribution in [0.5, 0.6) is 0 Å². The number of nitriles is 1. The van der Waals surface area contributed by atoms with Crippen LogP contribution in [0.15, 0.2) is 64.8 Å². The highest BCUT2D eigenvalue weighted by atomic mass is 35.5. The summed E-state index contributed by atoms with van der Waals surface area (Å²) in [5.74, 6) is 0. The van der Waals surface area contributed by atoms with Crippen LogP contribution in [0, 0.1) is 11.3 Å².